The van der Waals surface area contributed by atoms with Gasteiger partial charge in [-0.2, -0.15) is 4.98 Å². The molecule has 0 unspecified atom stereocenters. The number of aromatic nitrogens is 2. The normalized spacial score (nSPS) is 11.6. The second-order valence-electron chi connectivity index (χ2n) is 6.87. The molecule has 3 N–H and O–H groups in total. The first-order chi connectivity index (χ1) is 14.0. The summed E-state index contributed by atoms with van der Waals surface area (Å²) in [4.78, 5) is 8.82. The molecule has 0 aliphatic rings. The van der Waals surface area contributed by atoms with E-state index in [1.54, 1.807) is 12.1 Å². The molecule has 3 rings (SSSR count). The van der Waals surface area contributed by atoms with Gasteiger partial charge in [-0.05, 0) is 68.7 Å². The van der Waals surface area contributed by atoms with Crippen molar-refractivity contribution in [2.24, 2.45) is 0 Å². The molecule has 1 aromatic heterocycles. The Morgan fingerprint density at radius 2 is 1.79 bits per heavy atom. The van der Waals surface area contributed by atoms with Gasteiger partial charge < -0.3 is 16.0 Å². The Morgan fingerprint density at radius 3 is 2.52 bits per heavy atom. The maximum absolute atomic E-state index is 13.1. The molecule has 3 aromatic rings. The van der Waals surface area contributed by atoms with Crippen molar-refractivity contribution in [1.82, 2.24) is 15.3 Å². The van der Waals surface area contributed by atoms with Crippen LogP contribution in [0.25, 0.3) is 0 Å². The van der Waals surface area contributed by atoms with Gasteiger partial charge >= 0.3 is 0 Å². The summed E-state index contributed by atoms with van der Waals surface area (Å²) in [5.41, 5.74) is 2.83. The van der Waals surface area contributed by atoms with Gasteiger partial charge in [0.05, 0.1) is 0 Å². The number of hydrogen-bond donors (Lipinski definition) is 3. The minimum absolute atomic E-state index is 0.205. The molecule has 0 spiro atoms. The largest absolute Gasteiger partial charge is 0.360 e. The molecule has 0 radical (unpaired) electrons. The van der Waals surface area contributed by atoms with Crippen molar-refractivity contribution >= 4 is 34.8 Å². The van der Waals surface area contributed by atoms with E-state index in [1.807, 2.05) is 31.2 Å². The smallest absolute Gasteiger partial charge is 0.231 e. The third-order valence-corrected chi connectivity index (χ3v) is 4.50. The third kappa shape index (κ3) is 6.80. The highest BCUT2D eigenvalue weighted by atomic mass is 32.1. The summed E-state index contributed by atoms with van der Waals surface area (Å²) >= 11 is 5.41. The van der Waals surface area contributed by atoms with Crippen LogP contribution in [-0.2, 0) is 6.42 Å². The number of nitrogens with one attached hydrogen (secondary N) is 3. The van der Waals surface area contributed by atoms with Crippen LogP contribution in [0, 0.1) is 12.7 Å². The zero-order chi connectivity index (χ0) is 20.6. The molecule has 7 heteroatoms. The van der Waals surface area contributed by atoms with Crippen LogP contribution in [0.2, 0.25) is 0 Å². The van der Waals surface area contributed by atoms with E-state index in [4.69, 9.17) is 12.2 Å². The van der Waals surface area contributed by atoms with Gasteiger partial charge in [0.25, 0.3) is 0 Å². The Hall–Kier alpha value is -3.06. The van der Waals surface area contributed by atoms with Gasteiger partial charge in [-0.25, -0.2) is 9.37 Å². The van der Waals surface area contributed by atoms with Crippen molar-refractivity contribution < 1.29 is 4.39 Å². The highest BCUT2D eigenvalue weighted by Gasteiger charge is 2.08. The SMILES string of the molecule is Cc1cc(Nc2ccc(F)cc2)nc(NC(=S)N[C@@H](C)CCc2ccccc2)n1. The second kappa shape index (κ2) is 9.93. The van der Waals surface area contributed by atoms with Gasteiger partial charge in [0.2, 0.25) is 5.95 Å². The molecule has 0 saturated carbocycles. The van der Waals surface area contributed by atoms with Gasteiger partial charge in [-0.15, -0.1) is 0 Å². The zero-order valence-corrected chi connectivity index (χ0v) is 17.3. The number of benzene rings is 2. The first-order valence-electron chi connectivity index (χ1n) is 9.47. The van der Waals surface area contributed by atoms with Gasteiger partial charge in [0, 0.05) is 23.5 Å². The van der Waals surface area contributed by atoms with Crippen molar-refractivity contribution in [3.63, 3.8) is 0 Å². The maximum Gasteiger partial charge on any atom is 0.231 e. The fourth-order valence-corrected chi connectivity index (χ4v) is 3.12. The monoisotopic (exact) mass is 409 g/mol. The summed E-state index contributed by atoms with van der Waals surface area (Å²) in [5, 5.41) is 9.94. The van der Waals surface area contributed by atoms with E-state index >= 15 is 0 Å². The van der Waals surface area contributed by atoms with Crippen LogP contribution in [0.5, 0.6) is 0 Å². The Morgan fingerprint density at radius 1 is 1.07 bits per heavy atom. The topological polar surface area (TPSA) is 61.9 Å². The Kier molecular flexibility index (Phi) is 7.08. The van der Waals surface area contributed by atoms with Crippen molar-refractivity contribution in [2.75, 3.05) is 10.6 Å². The number of anilines is 3. The second-order valence-corrected chi connectivity index (χ2v) is 7.28. The van der Waals surface area contributed by atoms with E-state index in [2.05, 4.69) is 45.0 Å². The van der Waals surface area contributed by atoms with Crippen LogP contribution in [0.4, 0.5) is 21.8 Å². The Labute approximate surface area is 175 Å². The molecule has 0 fully saturated rings. The average Bonchev–Trinajstić information content (AvgIpc) is 2.68. The molecule has 5 nitrogen and oxygen atoms in total. The van der Waals surface area contributed by atoms with Gasteiger partial charge in [-0.1, -0.05) is 30.3 Å². The Bertz CT molecular complexity index is 947. The molecule has 0 amide bonds. The Balaban J connectivity index is 1.55. The molecule has 1 heterocycles. The predicted molar refractivity (Wildman–Crippen MR) is 120 cm³/mol. The number of rotatable bonds is 7. The lowest BCUT2D eigenvalue weighted by Gasteiger charge is -2.17. The van der Waals surface area contributed by atoms with Gasteiger partial charge in [0.15, 0.2) is 5.11 Å². The predicted octanol–water partition coefficient (Wildman–Crippen LogP) is 4.98. The van der Waals surface area contributed by atoms with Crippen LogP contribution in [0.1, 0.15) is 24.6 Å². The molecule has 1 atom stereocenters. The van der Waals surface area contributed by atoms with Crippen LogP contribution in [-0.4, -0.2) is 21.1 Å². The van der Waals surface area contributed by atoms with E-state index < -0.39 is 0 Å². The summed E-state index contributed by atoms with van der Waals surface area (Å²) in [6, 6.07) is 18.5. The number of halogens is 1. The van der Waals surface area contributed by atoms with Crippen LogP contribution in [0.15, 0.2) is 60.7 Å². The van der Waals surface area contributed by atoms with E-state index in [9.17, 15) is 4.39 Å². The average molecular weight is 410 g/mol. The highest BCUT2D eigenvalue weighted by molar-refractivity contribution is 7.80. The lowest BCUT2D eigenvalue weighted by Crippen LogP contribution is -2.36. The van der Waals surface area contributed by atoms with Gasteiger partial charge in [-0.3, -0.25) is 0 Å². The van der Waals surface area contributed by atoms with Crippen LogP contribution < -0.4 is 16.0 Å². The summed E-state index contributed by atoms with van der Waals surface area (Å²) in [7, 11) is 0. The lowest BCUT2D eigenvalue weighted by molar-refractivity contribution is 0.609. The quantitative estimate of drug-likeness (QED) is 0.479. The zero-order valence-electron chi connectivity index (χ0n) is 16.4. The van der Waals surface area contributed by atoms with E-state index in [1.165, 1.54) is 17.7 Å². The first kappa shape index (κ1) is 20.7. The van der Waals surface area contributed by atoms with Crippen LogP contribution in [0.3, 0.4) is 0 Å². The van der Waals surface area contributed by atoms with Crippen molar-refractivity contribution in [1.29, 1.82) is 0 Å². The molecule has 29 heavy (non-hydrogen) atoms. The molecule has 150 valence electrons. The minimum Gasteiger partial charge on any atom is -0.360 e. The van der Waals surface area contributed by atoms with Crippen molar-refractivity contribution in [2.45, 2.75) is 32.7 Å². The number of thiocarbonyl (C=S) groups is 1. The number of nitrogens with zero attached hydrogens (tertiary/aromatic N) is 2. The maximum atomic E-state index is 13.1. The fourth-order valence-electron chi connectivity index (χ4n) is 2.83. The third-order valence-electron chi connectivity index (χ3n) is 4.28. The summed E-state index contributed by atoms with van der Waals surface area (Å²) in [6.45, 7) is 3.97. The summed E-state index contributed by atoms with van der Waals surface area (Å²) in [5.74, 6) is 0.725. The van der Waals surface area contributed by atoms with Gasteiger partial charge in [0.1, 0.15) is 11.6 Å². The van der Waals surface area contributed by atoms with Crippen molar-refractivity contribution in [3.8, 4) is 0 Å². The summed E-state index contributed by atoms with van der Waals surface area (Å²) < 4.78 is 13.1. The fraction of sp³-hybridized carbons (Fsp3) is 0.227. The minimum atomic E-state index is -0.283. The lowest BCUT2D eigenvalue weighted by atomic mass is 10.1. The summed E-state index contributed by atoms with van der Waals surface area (Å²) in [6.07, 6.45) is 1.93. The number of aryl methyl sites for hydroxylation is 2. The first-order valence-corrected chi connectivity index (χ1v) is 9.88. The molecular weight excluding hydrogens is 385 g/mol. The van der Waals surface area contributed by atoms with E-state index in [0.29, 0.717) is 16.9 Å². The standard InChI is InChI=1S/C22H24FN5S/c1-15(8-9-17-6-4-3-5-7-17)25-22(29)28-21-24-16(2)14-20(27-21)26-19-12-10-18(23)11-13-19/h3-7,10-15H,8-9H2,1-2H3,(H3,24,25,26,27,28,29)/t15-/m0/s1. The number of hydrogen-bond acceptors (Lipinski definition) is 4. The van der Waals surface area contributed by atoms with E-state index in [0.717, 1.165) is 24.2 Å². The highest BCUT2D eigenvalue weighted by Crippen LogP contribution is 2.17. The molecular formula is C22H24FN5S. The molecule has 0 aliphatic carbocycles. The molecule has 2 aromatic carbocycles. The molecule has 0 bridgehead atoms. The molecule has 0 aliphatic heterocycles. The van der Waals surface area contributed by atoms with E-state index in [-0.39, 0.29) is 11.9 Å². The molecule has 0 saturated heterocycles. The van der Waals surface area contributed by atoms with Crippen LogP contribution >= 0.6 is 12.2 Å². The van der Waals surface area contributed by atoms with Crippen molar-refractivity contribution in [3.05, 3.63) is 77.7 Å².